The fraction of sp³-hybridized carbons (Fsp3) is 0.857. The van der Waals surface area contributed by atoms with Crippen molar-refractivity contribution < 1.29 is 9.53 Å². The standard InChI is InChI=1S/C14H22N2O2/c1-13(2)11-16(8-9-18-13)12(17)14(10-15)6-4-3-5-7-14/h3-9,11H2,1-2H3. The second kappa shape index (κ2) is 4.89. The summed E-state index contributed by atoms with van der Waals surface area (Å²) in [5, 5.41) is 9.44. The fourth-order valence-electron chi connectivity index (χ4n) is 3.02. The molecule has 4 heteroatoms. The summed E-state index contributed by atoms with van der Waals surface area (Å²) in [5.74, 6) is 0.0288. The number of nitriles is 1. The summed E-state index contributed by atoms with van der Waals surface area (Å²) in [4.78, 5) is 14.5. The molecule has 0 bridgehead atoms. The highest BCUT2D eigenvalue weighted by molar-refractivity contribution is 5.85. The first kappa shape index (κ1) is 13.4. The van der Waals surface area contributed by atoms with Gasteiger partial charge >= 0.3 is 0 Å². The Morgan fingerprint density at radius 1 is 1.28 bits per heavy atom. The first-order valence-electron chi connectivity index (χ1n) is 6.84. The Bertz CT molecular complexity index is 364. The molecule has 1 aliphatic carbocycles. The van der Waals surface area contributed by atoms with Gasteiger partial charge in [0.1, 0.15) is 5.41 Å². The minimum absolute atomic E-state index is 0.0288. The van der Waals surface area contributed by atoms with E-state index in [0.717, 1.165) is 32.1 Å². The van der Waals surface area contributed by atoms with Crippen LogP contribution in [0.4, 0.5) is 0 Å². The number of nitrogens with zero attached hydrogens (tertiary/aromatic N) is 2. The predicted octanol–water partition coefficient (Wildman–Crippen LogP) is 2.10. The summed E-state index contributed by atoms with van der Waals surface area (Å²) in [6.45, 7) is 5.76. The Morgan fingerprint density at radius 2 is 1.94 bits per heavy atom. The minimum atomic E-state index is -0.758. The van der Waals surface area contributed by atoms with E-state index in [9.17, 15) is 10.1 Å². The number of ether oxygens (including phenoxy) is 1. The maximum atomic E-state index is 12.6. The van der Waals surface area contributed by atoms with Gasteiger partial charge in [-0.15, -0.1) is 0 Å². The van der Waals surface area contributed by atoms with E-state index >= 15 is 0 Å². The number of hydrogen-bond acceptors (Lipinski definition) is 3. The van der Waals surface area contributed by atoms with Crippen molar-refractivity contribution in [1.29, 1.82) is 5.26 Å². The Balaban J connectivity index is 2.12. The first-order chi connectivity index (χ1) is 8.49. The van der Waals surface area contributed by atoms with Gasteiger partial charge in [0.15, 0.2) is 0 Å². The predicted molar refractivity (Wildman–Crippen MR) is 67.7 cm³/mol. The molecule has 2 rings (SSSR count). The van der Waals surface area contributed by atoms with E-state index in [0.29, 0.717) is 19.7 Å². The highest BCUT2D eigenvalue weighted by Crippen LogP contribution is 2.38. The molecule has 18 heavy (non-hydrogen) atoms. The van der Waals surface area contributed by atoms with E-state index in [1.54, 1.807) is 0 Å². The van der Waals surface area contributed by atoms with E-state index in [1.165, 1.54) is 0 Å². The van der Waals surface area contributed by atoms with Crippen molar-refractivity contribution in [2.45, 2.75) is 51.6 Å². The number of amides is 1. The Morgan fingerprint density at radius 3 is 2.50 bits per heavy atom. The molecule has 0 aromatic carbocycles. The van der Waals surface area contributed by atoms with Gasteiger partial charge in [-0.3, -0.25) is 4.79 Å². The average Bonchev–Trinajstić information content (AvgIpc) is 2.37. The van der Waals surface area contributed by atoms with E-state index < -0.39 is 5.41 Å². The number of morpholine rings is 1. The van der Waals surface area contributed by atoms with Gasteiger partial charge in [0.25, 0.3) is 0 Å². The molecule has 2 fully saturated rings. The van der Waals surface area contributed by atoms with Crippen LogP contribution in [0, 0.1) is 16.7 Å². The highest BCUT2D eigenvalue weighted by Gasteiger charge is 2.44. The molecule has 0 atom stereocenters. The Kier molecular flexibility index (Phi) is 3.63. The molecule has 1 heterocycles. The minimum Gasteiger partial charge on any atom is -0.372 e. The third kappa shape index (κ3) is 2.51. The summed E-state index contributed by atoms with van der Waals surface area (Å²) in [6.07, 6.45) is 4.58. The topological polar surface area (TPSA) is 53.3 Å². The molecule has 0 aromatic heterocycles. The molecule has 2 aliphatic rings. The van der Waals surface area contributed by atoms with Crippen LogP contribution in [-0.4, -0.2) is 36.1 Å². The lowest BCUT2D eigenvalue weighted by Gasteiger charge is -2.42. The van der Waals surface area contributed by atoms with Crippen LogP contribution in [0.3, 0.4) is 0 Å². The lowest BCUT2D eigenvalue weighted by molar-refractivity contribution is -0.154. The molecular weight excluding hydrogens is 228 g/mol. The van der Waals surface area contributed by atoms with Crippen LogP contribution in [0.2, 0.25) is 0 Å². The zero-order valence-electron chi connectivity index (χ0n) is 11.4. The molecular formula is C14H22N2O2. The van der Waals surface area contributed by atoms with Gasteiger partial charge in [-0.2, -0.15) is 5.26 Å². The van der Waals surface area contributed by atoms with Gasteiger partial charge in [-0.05, 0) is 26.7 Å². The number of hydrogen-bond donors (Lipinski definition) is 0. The van der Waals surface area contributed by atoms with Gasteiger partial charge in [0, 0.05) is 13.1 Å². The lowest BCUT2D eigenvalue weighted by Crippen LogP contribution is -2.54. The summed E-state index contributed by atoms with van der Waals surface area (Å²) in [5.41, 5.74) is -1.05. The van der Waals surface area contributed by atoms with Crippen LogP contribution in [0.5, 0.6) is 0 Å². The summed E-state index contributed by atoms with van der Waals surface area (Å²) in [6, 6.07) is 2.31. The molecule has 0 spiro atoms. The summed E-state index contributed by atoms with van der Waals surface area (Å²) < 4.78 is 5.62. The number of carbonyl (C=O) groups is 1. The Hall–Kier alpha value is -1.08. The number of rotatable bonds is 1. The van der Waals surface area contributed by atoms with E-state index in [1.807, 2.05) is 18.7 Å². The van der Waals surface area contributed by atoms with Gasteiger partial charge in [0.2, 0.25) is 5.91 Å². The smallest absolute Gasteiger partial charge is 0.243 e. The molecule has 0 aromatic rings. The molecule has 1 saturated carbocycles. The summed E-state index contributed by atoms with van der Waals surface area (Å²) in [7, 11) is 0. The largest absolute Gasteiger partial charge is 0.372 e. The third-order valence-corrected chi connectivity index (χ3v) is 4.04. The fourth-order valence-corrected chi connectivity index (χ4v) is 3.02. The highest BCUT2D eigenvalue weighted by atomic mass is 16.5. The SMILES string of the molecule is CC1(C)CN(C(=O)C2(C#N)CCCCC2)CCO1. The van der Waals surface area contributed by atoms with Crippen LogP contribution in [0.25, 0.3) is 0 Å². The molecule has 0 radical (unpaired) electrons. The van der Waals surface area contributed by atoms with Crippen molar-refractivity contribution in [2.24, 2.45) is 5.41 Å². The van der Waals surface area contributed by atoms with E-state index in [4.69, 9.17) is 4.74 Å². The maximum absolute atomic E-state index is 12.6. The molecule has 1 aliphatic heterocycles. The van der Waals surface area contributed by atoms with E-state index in [2.05, 4.69) is 6.07 Å². The van der Waals surface area contributed by atoms with Crippen LogP contribution in [-0.2, 0) is 9.53 Å². The molecule has 1 amide bonds. The zero-order valence-corrected chi connectivity index (χ0v) is 11.4. The van der Waals surface area contributed by atoms with Gasteiger partial charge in [0.05, 0.1) is 18.3 Å². The van der Waals surface area contributed by atoms with E-state index in [-0.39, 0.29) is 11.5 Å². The molecule has 4 nitrogen and oxygen atoms in total. The molecule has 100 valence electrons. The number of carbonyl (C=O) groups excluding carboxylic acids is 1. The quantitative estimate of drug-likeness (QED) is 0.716. The van der Waals surface area contributed by atoms with Crippen molar-refractivity contribution in [3.63, 3.8) is 0 Å². The third-order valence-electron chi connectivity index (χ3n) is 4.04. The lowest BCUT2D eigenvalue weighted by atomic mass is 9.74. The molecule has 1 saturated heterocycles. The van der Waals surface area contributed by atoms with Crippen molar-refractivity contribution in [3.05, 3.63) is 0 Å². The van der Waals surface area contributed by atoms with Crippen molar-refractivity contribution >= 4 is 5.91 Å². The van der Waals surface area contributed by atoms with Gasteiger partial charge < -0.3 is 9.64 Å². The maximum Gasteiger partial charge on any atom is 0.243 e. The van der Waals surface area contributed by atoms with Crippen LogP contribution in [0.1, 0.15) is 46.0 Å². The monoisotopic (exact) mass is 250 g/mol. The molecule has 0 unspecified atom stereocenters. The molecule has 0 N–H and O–H groups in total. The average molecular weight is 250 g/mol. The van der Waals surface area contributed by atoms with Gasteiger partial charge in [-0.25, -0.2) is 0 Å². The van der Waals surface area contributed by atoms with Gasteiger partial charge in [-0.1, -0.05) is 19.3 Å². The Labute approximate surface area is 109 Å². The first-order valence-corrected chi connectivity index (χ1v) is 6.84. The zero-order chi connectivity index (χ0) is 13.2. The second-order valence-corrected chi connectivity index (χ2v) is 6.09. The van der Waals surface area contributed by atoms with Crippen LogP contribution < -0.4 is 0 Å². The second-order valence-electron chi connectivity index (χ2n) is 6.09. The van der Waals surface area contributed by atoms with Crippen LogP contribution in [0.15, 0.2) is 0 Å². The van der Waals surface area contributed by atoms with Crippen molar-refractivity contribution in [3.8, 4) is 6.07 Å². The van der Waals surface area contributed by atoms with Crippen molar-refractivity contribution in [2.75, 3.05) is 19.7 Å². The normalized spacial score (nSPS) is 26.4. The van der Waals surface area contributed by atoms with Crippen LogP contribution >= 0.6 is 0 Å². The van der Waals surface area contributed by atoms with Crippen molar-refractivity contribution in [1.82, 2.24) is 4.90 Å². The summed E-state index contributed by atoms with van der Waals surface area (Å²) >= 11 is 0.